The molecule has 28 heavy (non-hydrogen) atoms. The summed E-state index contributed by atoms with van der Waals surface area (Å²) in [5.41, 5.74) is 0.933. The van der Waals surface area contributed by atoms with Crippen LogP contribution in [0.4, 0.5) is 4.39 Å². The Kier molecular flexibility index (Phi) is 5.76. The fourth-order valence-electron chi connectivity index (χ4n) is 4.43. The highest BCUT2D eigenvalue weighted by atomic mass is 32.1. The van der Waals surface area contributed by atoms with E-state index in [0.29, 0.717) is 19.5 Å². The Bertz CT molecular complexity index is 839. The fourth-order valence-corrected chi connectivity index (χ4v) is 5.12. The number of amides is 2. The first-order valence-electron chi connectivity index (χ1n) is 9.99. The molecule has 2 aromatic rings. The van der Waals surface area contributed by atoms with E-state index in [0.717, 1.165) is 42.7 Å². The average molecular weight is 401 g/mol. The highest BCUT2D eigenvalue weighted by molar-refractivity contribution is 7.12. The van der Waals surface area contributed by atoms with Gasteiger partial charge in [-0.3, -0.25) is 9.59 Å². The van der Waals surface area contributed by atoms with Crippen LogP contribution in [0.15, 0.2) is 41.8 Å². The van der Waals surface area contributed by atoms with E-state index in [9.17, 15) is 14.0 Å². The van der Waals surface area contributed by atoms with Crippen molar-refractivity contribution in [3.05, 3.63) is 58.0 Å². The van der Waals surface area contributed by atoms with Gasteiger partial charge in [0.15, 0.2) is 0 Å². The van der Waals surface area contributed by atoms with Crippen LogP contribution in [0.2, 0.25) is 0 Å². The molecule has 1 aromatic heterocycles. The highest BCUT2D eigenvalue weighted by Crippen LogP contribution is 2.27. The van der Waals surface area contributed by atoms with Crippen LogP contribution in [0.25, 0.3) is 0 Å². The first-order chi connectivity index (χ1) is 13.6. The summed E-state index contributed by atoms with van der Waals surface area (Å²) in [6, 6.07) is 10.5. The van der Waals surface area contributed by atoms with Crippen molar-refractivity contribution in [1.29, 1.82) is 0 Å². The molecule has 2 atom stereocenters. The minimum Gasteiger partial charge on any atom is -0.339 e. The van der Waals surface area contributed by atoms with Gasteiger partial charge in [-0.2, -0.15) is 0 Å². The number of carbonyl (C=O) groups is 2. The predicted octanol–water partition coefficient (Wildman–Crippen LogP) is 3.97. The zero-order chi connectivity index (χ0) is 19.5. The van der Waals surface area contributed by atoms with Gasteiger partial charge in [0.05, 0.1) is 10.8 Å². The van der Waals surface area contributed by atoms with Crippen LogP contribution in [0.3, 0.4) is 0 Å². The summed E-state index contributed by atoms with van der Waals surface area (Å²) in [5, 5.41) is 1.90. The second-order valence-electron chi connectivity index (χ2n) is 7.73. The number of nitrogens with zero attached hydrogens (tertiary/aromatic N) is 2. The lowest BCUT2D eigenvalue weighted by Gasteiger charge is -2.35. The number of rotatable bonds is 4. The van der Waals surface area contributed by atoms with Gasteiger partial charge >= 0.3 is 0 Å². The van der Waals surface area contributed by atoms with E-state index in [-0.39, 0.29) is 29.6 Å². The first-order valence-corrected chi connectivity index (χ1v) is 10.9. The Balaban J connectivity index is 1.41. The van der Waals surface area contributed by atoms with Gasteiger partial charge in [0.2, 0.25) is 5.91 Å². The second-order valence-corrected chi connectivity index (χ2v) is 8.68. The summed E-state index contributed by atoms with van der Waals surface area (Å²) in [5.74, 6) is -0.179. The van der Waals surface area contributed by atoms with Crippen molar-refractivity contribution >= 4 is 23.2 Å². The normalized spacial score (nSPS) is 22.5. The fraction of sp³-hybridized carbons (Fsp3) is 0.455. The Labute approximate surface area is 169 Å². The minimum atomic E-state index is -0.233. The Morgan fingerprint density at radius 1 is 1.11 bits per heavy atom. The molecule has 3 heterocycles. The first kappa shape index (κ1) is 19.1. The molecule has 0 spiro atoms. The molecule has 148 valence electrons. The smallest absolute Gasteiger partial charge is 0.263 e. The van der Waals surface area contributed by atoms with E-state index in [1.54, 1.807) is 12.1 Å². The van der Waals surface area contributed by atoms with Gasteiger partial charge in [0.1, 0.15) is 5.82 Å². The summed E-state index contributed by atoms with van der Waals surface area (Å²) in [6.07, 6.45) is 4.31. The van der Waals surface area contributed by atoms with Crippen molar-refractivity contribution in [3.63, 3.8) is 0 Å². The van der Waals surface area contributed by atoms with Gasteiger partial charge in [0.25, 0.3) is 5.91 Å². The summed E-state index contributed by atoms with van der Waals surface area (Å²) < 4.78 is 13.5. The molecular weight excluding hydrogens is 375 g/mol. The molecule has 2 aliphatic heterocycles. The van der Waals surface area contributed by atoms with Gasteiger partial charge in [-0.25, -0.2) is 4.39 Å². The van der Waals surface area contributed by atoms with Gasteiger partial charge in [-0.1, -0.05) is 18.2 Å². The number of likely N-dealkylation sites (tertiary alicyclic amines) is 2. The molecule has 1 aromatic carbocycles. The molecule has 0 bridgehead atoms. The van der Waals surface area contributed by atoms with Gasteiger partial charge in [-0.15, -0.1) is 11.3 Å². The zero-order valence-electron chi connectivity index (χ0n) is 15.9. The van der Waals surface area contributed by atoms with Crippen LogP contribution < -0.4 is 0 Å². The second kappa shape index (κ2) is 8.43. The molecule has 2 amide bonds. The molecule has 0 aliphatic carbocycles. The lowest BCUT2D eigenvalue weighted by Crippen LogP contribution is -2.48. The summed E-state index contributed by atoms with van der Waals surface area (Å²) in [4.78, 5) is 30.4. The molecule has 0 radical (unpaired) electrons. The molecule has 6 heteroatoms. The van der Waals surface area contributed by atoms with E-state index in [1.165, 1.54) is 17.4 Å². The summed E-state index contributed by atoms with van der Waals surface area (Å²) >= 11 is 1.45. The topological polar surface area (TPSA) is 40.6 Å². The van der Waals surface area contributed by atoms with E-state index in [4.69, 9.17) is 0 Å². The third-order valence-electron chi connectivity index (χ3n) is 5.81. The summed E-state index contributed by atoms with van der Waals surface area (Å²) in [6.45, 7) is 1.97. The third kappa shape index (κ3) is 4.12. The molecule has 0 N–H and O–H groups in total. The van der Waals surface area contributed by atoms with E-state index >= 15 is 0 Å². The monoisotopic (exact) mass is 400 g/mol. The van der Waals surface area contributed by atoms with Crippen molar-refractivity contribution in [3.8, 4) is 0 Å². The maximum atomic E-state index is 13.5. The lowest BCUT2D eigenvalue weighted by molar-refractivity contribution is -0.137. The number of benzene rings is 1. The average Bonchev–Trinajstić information content (AvgIpc) is 3.39. The van der Waals surface area contributed by atoms with Crippen LogP contribution in [-0.4, -0.2) is 47.3 Å². The Morgan fingerprint density at radius 2 is 1.96 bits per heavy atom. The van der Waals surface area contributed by atoms with Crippen molar-refractivity contribution in [2.45, 2.75) is 38.1 Å². The van der Waals surface area contributed by atoms with Crippen LogP contribution >= 0.6 is 11.3 Å². The van der Waals surface area contributed by atoms with Gasteiger partial charge < -0.3 is 9.80 Å². The van der Waals surface area contributed by atoms with E-state index < -0.39 is 0 Å². The highest BCUT2D eigenvalue weighted by Gasteiger charge is 2.36. The number of piperidine rings is 1. The Morgan fingerprint density at radius 3 is 2.75 bits per heavy atom. The van der Waals surface area contributed by atoms with Crippen molar-refractivity contribution in [2.75, 3.05) is 19.6 Å². The molecule has 2 fully saturated rings. The van der Waals surface area contributed by atoms with Crippen molar-refractivity contribution < 1.29 is 14.0 Å². The van der Waals surface area contributed by atoms with Crippen LogP contribution in [-0.2, 0) is 11.2 Å². The van der Waals surface area contributed by atoms with Gasteiger partial charge in [0, 0.05) is 25.7 Å². The molecule has 2 aliphatic rings. The van der Waals surface area contributed by atoms with Crippen LogP contribution in [0.5, 0.6) is 0 Å². The van der Waals surface area contributed by atoms with Crippen molar-refractivity contribution in [2.24, 2.45) is 5.92 Å². The van der Waals surface area contributed by atoms with Gasteiger partial charge in [-0.05, 0) is 61.2 Å². The van der Waals surface area contributed by atoms with E-state index in [2.05, 4.69) is 0 Å². The number of carbonyl (C=O) groups excluding carboxylic acids is 2. The maximum absolute atomic E-state index is 13.5. The minimum absolute atomic E-state index is 0.0326. The number of hydrogen-bond acceptors (Lipinski definition) is 3. The zero-order valence-corrected chi connectivity index (χ0v) is 16.7. The van der Waals surface area contributed by atoms with Crippen LogP contribution in [0, 0.1) is 11.7 Å². The summed E-state index contributed by atoms with van der Waals surface area (Å²) in [7, 11) is 0. The molecule has 2 unspecified atom stereocenters. The lowest BCUT2D eigenvalue weighted by atomic mass is 9.95. The SMILES string of the molecule is O=C(c1cccs1)N1CCCC(C(=O)N2CCCC2Cc2cccc(F)c2)C1. The predicted molar refractivity (Wildman–Crippen MR) is 108 cm³/mol. The van der Waals surface area contributed by atoms with Crippen molar-refractivity contribution in [1.82, 2.24) is 9.80 Å². The number of thiophene rings is 1. The standard InChI is InChI=1S/C22H25FN2O2S/c23-18-7-1-5-16(13-18)14-19-8-3-11-25(19)21(26)17-6-2-10-24(15-17)22(27)20-9-4-12-28-20/h1,4-5,7,9,12-13,17,19H,2-3,6,8,10-11,14-15H2. The molecule has 0 saturated carbocycles. The Hall–Kier alpha value is -2.21. The van der Waals surface area contributed by atoms with E-state index in [1.807, 2.05) is 33.4 Å². The third-order valence-corrected chi connectivity index (χ3v) is 6.67. The van der Waals surface area contributed by atoms with Crippen LogP contribution in [0.1, 0.15) is 40.9 Å². The molecule has 2 saturated heterocycles. The molecular formula is C22H25FN2O2S. The quantitative estimate of drug-likeness (QED) is 0.779. The maximum Gasteiger partial charge on any atom is 0.263 e. The molecule has 4 nitrogen and oxygen atoms in total. The largest absolute Gasteiger partial charge is 0.339 e. The number of hydrogen-bond donors (Lipinski definition) is 0. The number of halogens is 1. The molecule has 4 rings (SSSR count).